The molecule has 1 amide bonds. The van der Waals surface area contributed by atoms with Crippen LogP contribution in [0.5, 0.6) is 11.5 Å². The predicted molar refractivity (Wildman–Crippen MR) is 118 cm³/mol. The molecule has 0 saturated heterocycles. The van der Waals surface area contributed by atoms with Gasteiger partial charge in [0.1, 0.15) is 17.5 Å². The highest BCUT2D eigenvalue weighted by atomic mass is 32.2. The second-order valence-corrected chi connectivity index (χ2v) is 8.67. The van der Waals surface area contributed by atoms with Crippen molar-refractivity contribution in [2.24, 2.45) is 0 Å². The summed E-state index contributed by atoms with van der Waals surface area (Å²) in [6.45, 7) is 3.63. The van der Waals surface area contributed by atoms with Gasteiger partial charge in [-0.2, -0.15) is 4.72 Å². The van der Waals surface area contributed by atoms with Crippen molar-refractivity contribution in [2.75, 3.05) is 27.4 Å². The number of methoxy groups -OCH3 is 1. The van der Waals surface area contributed by atoms with Crippen molar-refractivity contribution >= 4 is 21.9 Å². The molecule has 1 unspecified atom stereocenters. The Morgan fingerprint density at radius 3 is 2.19 bits per heavy atom. The van der Waals surface area contributed by atoms with E-state index in [1.165, 1.54) is 43.2 Å². The van der Waals surface area contributed by atoms with Gasteiger partial charge in [0.25, 0.3) is 5.91 Å². The third-order valence-electron chi connectivity index (χ3n) is 4.47. The molecule has 0 fully saturated rings. The van der Waals surface area contributed by atoms with Crippen molar-refractivity contribution in [3.8, 4) is 11.5 Å². The van der Waals surface area contributed by atoms with Gasteiger partial charge in [-0.1, -0.05) is 12.1 Å². The normalized spacial score (nSPS) is 12.0. The topological polar surface area (TPSA) is 111 Å². The molecule has 32 heavy (non-hydrogen) atoms. The lowest BCUT2D eigenvalue weighted by Gasteiger charge is -2.18. The molecular formula is C22H28N2O7S. The standard InChI is InChI=1S/C22H28N2O7S/c1-5-30-19-8-6-17(7-9-19)14-24(3)21(25)15-31-22(26)16(2)23-32(27,28)20-12-10-18(29-4)11-13-20/h6-13,16,23H,5,14-15H2,1-4H3. The van der Waals surface area contributed by atoms with E-state index in [0.29, 0.717) is 18.9 Å². The van der Waals surface area contributed by atoms with Crippen LogP contribution < -0.4 is 14.2 Å². The number of likely N-dealkylation sites (N-methyl/N-ethyl adjacent to an activating group) is 1. The van der Waals surface area contributed by atoms with E-state index in [4.69, 9.17) is 14.2 Å². The number of carbonyl (C=O) groups is 2. The highest BCUT2D eigenvalue weighted by Gasteiger charge is 2.24. The van der Waals surface area contributed by atoms with Crippen LogP contribution in [0.15, 0.2) is 53.4 Å². The SMILES string of the molecule is CCOc1ccc(CN(C)C(=O)COC(=O)C(C)NS(=O)(=O)c2ccc(OC)cc2)cc1. The van der Waals surface area contributed by atoms with Crippen LogP contribution in [0, 0.1) is 0 Å². The zero-order valence-electron chi connectivity index (χ0n) is 18.5. The molecule has 0 bridgehead atoms. The van der Waals surface area contributed by atoms with Crippen LogP contribution in [0.3, 0.4) is 0 Å². The van der Waals surface area contributed by atoms with Gasteiger partial charge in [0.15, 0.2) is 6.61 Å². The Morgan fingerprint density at radius 2 is 1.62 bits per heavy atom. The molecule has 0 saturated carbocycles. The minimum absolute atomic E-state index is 0.0240. The molecule has 2 aromatic rings. The van der Waals surface area contributed by atoms with E-state index in [-0.39, 0.29) is 4.90 Å². The van der Waals surface area contributed by atoms with Gasteiger partial charge in [-0.15, -0.1) is 0 Å². The molecule has 0 spiro atoms. The molecule has 9 nitrogen and oxygen atoms in total. The van der Waals surface area contributed by atoms with E-state index in [9.17, 15) is 18.0 Å². The fraction of sp³-hybridized carbons (Fsp3) is 0.364. The quantitative estimate of drug-likeness (QED) is 0.506. The molecule has 2 rings (SSSR count). The lowest BCUT2D eigenvalue weighted by Crippen LogP contribution is -2.41. The smallest absolute Gasteiger partial charge is 0.324 e. The van der Waals surface area contributed by atoms with Gasteiger partial charge in [-0.25, -0.2) is 8.42 Å². The van der Waals surface area contributed by atoms with Gasteiger partial charge in [0.2, 0.25) is 10.0 Å². The summed E-state index contributed by atoms with van der Waals surface area (Å²) in [6, 6.07) is 11.9. The second-order valence-electron chi connectivity index (χ2n) is 6.95. The number of rotatable bonds is 11. The molecule has 174 valence electrons. The van der Waals surface area contributed by atoms with Crippen LogP contribution in [0.25, 0.3) is 0 Å². The average Bonchev–Trinajstić information content (AvgIpc) is 2.78. The van der Waals surface area contributed by atoms with Gasteiger partial charge < -0.3 is 19.1 Å². The third kappa shape index (κ3) is 7.24. The summed E-state index contributed by atoms with van der Waals surface area (Å²) < 4.78 is 42.4. The Labute approximate surface area is 188 Å². The first kappa shape index (κ1) is 25.2. The Kier molecular flexibility index (Phi) is 9.03. The molecule has 2 aromatic carbocycles. The number of sulfonamides is 1. The maximum Gasteiger partial charge on any atom is 0.324 e. The van der Waals surface area contributed by atoms with Crippen molar-refractivity contribution in [2.45, 2.75) is 31.3 Å². The molecule has 0 radical (unpaired) electrons. The van der Waals surface area contributed by atoms with Gasteiger partial charge in [0.05, 0.1) is 18.6 Å². The number of hydrogen-bond donors (Lipinski definition) is 1. The summed E-state index contributed by atoms with van der Waals surface area (Å²) in [4.78, 5) is 25.9. The number of ether oxygens (including phenoxy) is 3. The molecule has 0 aliphatic heterocycles. The Bertz CT molecular complexity index is 1010. The molecule has 0 heterocycles. The molecule has 10 heteroatoms. The highest BCUT2D eigenvalue weighted by molar-refractivity contribution is 7.89. The maximum atomic E-state index is 12.4. The maximum absolute atomic E-state index is 12.4. The molecule has 1 N–H and O–H groups in total. The number of benzene rings is 2. The molecule has 0 aromatic heterocycles. The third-order valence-corrected chi connectivity index (χ3v) is 6.03. The number of amides is 1. The fourth-order valence-electron chi connectivity index (χ4n) is 2.69. The largest absolute Gasteiger partial charge is 0.497 e. The highest BCUT2D eigenvalue weighted by Crippen LogP contribution is 2.16. The molecule has 0 aliphatic carbocycles. The first-order valence-electron chi connectivity index (χ1n) is 9.95. The number of nitrogens with zero attached hydrogens (tertiary/aromatic N) is 1. The van der Waals surface area contributed by atoms with Gasteiger partial charge in [-0.3, -0.25) is 9.59 Å². The summed E-state index contributed by atoms with van der Waals surface area (Å²) in [7, 11) is -0.890. The number of hydrogen-bond acceptors (Lipinski definition) is 7. The molecular weight excluding hydrogens is 436 g/mol. The van der Waals surface area contributed by atoms with Crippen LogP contribution in [0.1, 0.15) is 19.4 Å². The van der Waals surface area contributed by atoms with E-state index in [0.717, 1.165) is 11.3 Å². The zero-order valence-corrected chi connectivity index (χ0v) is 19.3. The van der Waals surface area contributed by atoms with Crippen molar-refractivity contribution in [1.29, 1.82) is 0 Å². The number of nitrogens with one attached hydrogen (secondary N) is 1. The van der Waals surface area contributed by atoms with Gasteiger partial charge >= 0.3 is 5.97 Å². The Morgan fingerprint density at radius 1 is 1.03 bits per heavy atom. The van der Waals surface area contributed by atoms with Crippen molar-refractivity contribution in [1.82, 2.24) is 9.62 Å². The number of esters is 1. The Hall–Kier alpha value is -3.11. The lowest BCUT2D eigenvalue weighted by molar-refractivity contribution is -0.152. The fourth-order valence-corrected chi connectivity index (χ4v) is 3.88. The van der Waals surface area contributed by atoms with Crippen LogP contribution in [0.2, 0.25) is 0 Å². The molecule has 1 atom stereocenters. The van der Waals surface area contributed by atoms with Crippen molar-refractivity contribution in [3.63, 3.8) is 0 Å². The van der Waals surface area contributed by atoms with Crippen LogP contribution in [-0.2, 0) is 30.9 Å². The summed E-state index contributed by atoms with van der Waals surface area (Å²) >= 11 is 0. The first-order chi connectivity index (χ1) is 15.2. The summed E-state index contributed by atoms with van der Waals surface area (Å²) in [5.74, 6) is -0.0307. The van der Waals surface area contributed by atoms with E-state index >= 15 is 0 Å². The van der Waals surface area contributed by atoms with Crippen LogP contribution in [-0.4, -0.2) is 58.6 Å². The first-order valence-corrected chi connectivity index (χ1v) is 11.4. The number of carbonyl (C=O) groups excluding carboxylic acids is 2. The van der Waals surface area contributed by atoms with Crippen LogP contribution in [0.4, 0.5) is 0 Å². The van der Waals surface area contributed by atoms with E-state index in [1.54, 1.807) is 7.05 Å². The minimum Gasteiger partial charge on any atom is -0.497 e. The summed E-state index contributed by atoms with van der Waals surface area (Å²) in [5, 5.41) is 0. The van der Waals surface area contributed by atoms with Crippen molar-refractivity contribution in [3.05, 3.63) is 54.1 Å². The summed E-state index contributed by atoms with van der Waals surface area (Å²) in [5.41, 5.74) is 0.885. The minimum atomic E-state index is -3.94. The monoisotopic (exact) mass is 464 g/mol. The van der Waals surface area contributed by atoms with Gasteiger partial charge in [-0.05, 0) is 55.8 Å². The summed E-state index contributed by atoms with van der Waals surface area (Å²) in [6.07, 6.45) is 0. The van der Waals surface area contributed by atoms with Gasteiger partial charge in [0, 0.05) is 13.6 Å². The Balaban J connectivity index is 1.85. The second kappa shape index (κ2) is 11.5. The van der Waals surface area contributed by atoms with E-state index < -0.39 is 34.5 Å². The zero-order chi connectivity index (χ0) is 23.7. The average molecular weight is 465 g/mol. The van der Waals surface area contributed by atoms with E-state index in [2.05, 4.69) is 4.72 Å². The molecule has 0 aliphatic rings. The predicted octanol–water partition coefficient (Wildman–Crippen LogP) is 1.96. The van der Waals surface area contributed by atoms with E-state index in [1.807, 2.05) is 31.2 Å². The lowest BCUT2D eigenvalue weighted by atomic mass is 10.2. The van der Waals surface area contributed by atoms with Crippen molar-refractivity contribution < 1.29 is 32.2 Å². The van der Waals surface area contributed by atoms with Crippen LogP contribution >= 0.6 is 0 Å².